The third-order valence-electron chi connectivity index (χ3n) is 4.07. The highest BCUT2D eigenvalue weighted by atomic mass is 19.1. The number of hydrogen-bond acceptors (Lipinski definition) is 4. The summed E-state index contributed by atoms with van der Waals surface area (Å²) >= 11 is 0. The van der Waals surface area contributed by atoms with Gasteiger partial charge in [0.15, 0.2) is 0 Å². The minimum atomic E-state index is -1.28. The lowest BCUT2D eigenvalue weighted by Crippen LogP contribution is -2.36. The summed E-state index contributed by atoms with van der Waals surface area (Å²) in [4.78, 5) is 25.5. The minimum Gasteiger partial charge on any atom is -0.477 e. The van der Waals surface area contributed by atoms with Crippen molar-refractivity contribution in [2.45, 2.75) is 13.5 Å². The first-order valence-electron chi connectivity index (χ1n) is 7.45. The van der Waals surface area contributed by atoms with Gasteiger partial charge in [-0.1, -0.05) is 0 Å². The van der Waals surface area contributed by atoms with Crippen LogP contribution in [0, 0.1) is 5.82 Å². The van der Waals surface area contributed by atoms with Gasteiger partial charge in [-0.3, -0.25) is 4.79 Å². The number of carboxylic acids is 1. The molecule has 0 bridgehead atoms. The highest BCUT2D eigenvalue weighted by molar-refractivity contribution is 5.93. The summed E-state index contributed by atoms with van der Waals surface area (Å²) < 4.78 is 21.3. The number of carboxylic acid groups (broad SMARTS) is 1. The number of halogens is 1. The van der Waals surface area contributed by atoms with E-state index in [4.69, 9.17) is 4.74 Å². The van der Waals surface area contributed by atoms with E-state index < -0.39 is 17.2 Å². The molecule has 23 heavy (non-hydrogen) atoms. The molecule has 0 unspecified atom stereocenters. The van der Waals surface area contributed by atoms with Gasteiger partial charge in [0.05, 0.1) is 24.4 Å². The van der Waals surface area contributed by atoms with Crippen molar-refractivity contribution in [3.05, 3.63) is 39.9 Å². The minimum absolute atomic E-state index is 0.217. The molecule has 0 saturated carbocycles. The van der Waals surface area contributed by atoms with Gasteiger partial charge in [-0.05, 0) is 13.0 Å². The van der Waals surface area contributed by atoms with Gasteiger partial charge < -0.3 is 19.3 Å². The third kappa shape index (κ3) is 2.68. The highest BCUT2D eigenvalue weighted by Gasteiger charge is 2.20. The van der Waals surface area contributed by atoms with Crippen molar-refractivity contribution in [2.75, 3.05) is 31.2 Å². The van der Waals surface area contributed by atoms with E-state index in [9.17, 15) is 19.1 Å². The fourth-order valence-electron chi connectivity index (χ4n) is 2.86. The number of aromatic carboxylic acids is 1. The Labute approximate surface area is 131 Å². The number of carbonyl (C=O) groups is 1. The number of aryl methyl sites for hydroxylation is 1. The maximum Gasteiger partial charge on any atom is 0.341 e. The van der Waals surface area contributed by atoms with Crippen LogP contribution in [0.15, 0.2) is 23.1 Å². The molecule has 0 amide bonds. The molecule has 0 radical (unpaired) electrons. The molecular weight excluding hydrogens is 303 g/mol. The molecule has 1 aromatic heterocycles. The number of pyridine rings is 1. The molecule has 1 saturated heterocycles. The molecule has 1 fully saturated rings. The van der Waals surface area contributed by atoms with E-state index in [0.29, 0.717) is 44.1 Å². The largest absolute Gasteiger partial charge is 0.477 e. The lowest BCUT2D eigenvalue weighted by atomic mass is 10.1. The van der Waals surface area contributed by atoms with E-state index in [1.165, 1.54) is 18.3 Å². The van der Waals surface area contributed by atoms with Crippen molar-refractivity contribution in [2.24, 2.45) is 0 Å². The molecule has 2 aromatic rings. The van der Waals surface area contributed by atoms with Crippen LogP contribution in [0.4, 0.5) is 10.1 Å². The summed E-state index contributed by atoms with van der Waals surface area (Å²) in [6.07, 6.45) is 1.26. The number of ether oxygens (including phenoxy) is 1. The van der Waals surface area contributed by atoms with E-state index in [-0.39, 0.29) is 10.9 Å². The molecule has 0 spiro atoms. The number of morpholine rings is 1. The molecule has 6 nitrogen and oxygen atoms in total. The maximum absolute atomic E-state index is 14.5. The van der Waals surface area contributed by atoms with Gasteiger partial charge in [-0.15, -0.1) is 0 Å². The van der Waals surface area contributed by atoms with Crippen LogP contribution in [0.5, 0.6) is 0 Å². The van der Waals surface area contributed by atoms with Crippen LogP contribution in [-0.4, -0.2) is 41.9 Å². The number of aromatic nitrogens is 1. The zero-order chi connectivity index (χ0) is 16.6. The molecule has 7 heteroatoms. The van der Waals surface area contributed by atoms with Gasteiger partial charge in [0.25, 0.3) is 0 Å². The molecule has 0 aliphatic carbocycles. The van der Waals surface area contributed by atoms with Crippen LogP contribution in [-0.2, 0) is 11.3 Å². The van der Waals surface area contributed by atoms with Crippen LogP contribution in [0.1, 0.15) is 17.3 Å². The Hall–Kier alpha value is -2.41. The molecule has 2 heterocycles. The molecule has 0 atom stereocenters. The van der Waals surface area contributed by atoms with E-state index >= 15 is 0 Å². The van der Waals surface area contributed by atoms with Crippen LogP contribution in [0.2, 0.25) is 0 Å². The third-order valence-corrected chi connectivity index (χ3v) is 4.07. The van der Waals surface area contributed by atoms with Crippen molar-refractivity contribution < 1.29 is 19.0 Å². The van der Waals surface area contributed by atoms with Crippen LogP contribution < -0.4 is 10.3 Å². The van der Waals surface area contributed by atoms with Gasteiger partial charge in [-0.2, -0.15) is 0 Å². The zero-order valence-electron chi connectivity index (χ0n) is 12.7. The second-order valence-electron chi connectivity index (χ2n) is 5.38. The molecule has 122 valence electrons. The lowest BCUT2D eigenvalue weighted by molar-refractivity contribution is 0.0695. The Morgan fingerprint density at radius 3 is 2.65 bits per heavy atom. The Balaban J connectivity index is 2.26. The zero-order valence-corrected chi connectivity index (χ0v) is 12.7. The van der Waals surface area contributed by atoms with E-state index in [2.05, 4.69) is 0 Å². The summed E-state index contributed by atoms with van der Waals surface area (Å²) in [5.74, 6) is -1.71. The predicted octanol–water partition coefficient (Wildman–Crippen LogP) is 1.70. The highest BCUT2D eigenvalue weighted by Crippen LogP contribution is 2.25. The molecule has 1 N–H and O–H groups in total. The van der Waals surface area contributed by atoms with Crippen molar-refractivity contribution in [1.29, 1.82) is 0 Å². The fourth-order valence-corrected chi connectivity index (χ4v) is 2.86. The van der Waals surface area contributed by atoms with Crippen LogP contribution in [0.3, 0.4) is 0 Å². The number of anilines is 1. The molecular formula is C16H17FN2O4. The number of benzene rings is 1. The first-order chi connectivity index (χ1) is 11.0. The first kappa shape index (κ1) is 15.5. The van der Waals surface area contributed by atoms with Gasteiger partial charge in [0.2, 0.25) is 5.43 Å². The number of rotatable bonds is 3. The summed E-state index contributed by atoms with van der Waals surface area (Å²) in [7, 11) is 0. The second-order valence-corrected chi connectivity index (χ2v) is 5.38. The SMILES string of the molecule is CCn1cc(C(=O)O)c(=O)c2cc(N3CCOCC3)c(F)cc21. The first-order valence-corrected chi connectivity index (χ1v) is 7.45. The van der Waals surface area contributed by atoms with Gasteiger partial charge in [0.1, 0.15) is 11.4 Å². The normalized spacial score (nSPS) is 15.1. The van der Waals surface area contributed by atoms with Crippen LogP contribution in [0.25, 0.3) is 10.9 Å². The number of fused-ring (bicyclic) bond motifs is 1. The van der Waals surface area contributed by atoms with Crippen molar-refractivity contribution >= 4 is 22.6 Å². The fraction of sp³-hybridized carbons (Fsp3) is 0.375. The second kappa shape index (κ2) is 6.00. The summed E-state index contributed by atoms with van der Waals surface area (Å²) in [6.45, 7) is 4.29. The van der Waals surface area contributed by atoms with E-state index in [0.717, 1.165) is 0 Å². The standard InChI is InChI=1S/C16H17FN2O4/c1-2-18-9-11(16(21)22)15(20)10-7-14(12(17)8-13(10)18)19-3-5-23-6-4-19/h7-9H,2-6H2,1H3,(H,21,22). The lowest BCUT2D eigenvalue weighted by Gasteiger charge is -2.29. The Morgan fingerprint density at radius 2 is 2.04 bits per heavy atom. The molecule has 1 aliphatic rings. The Bertz CT molecular complexity index is 825. The van der Waals surface area contributed by atoms with E-state index in [1.807, 2.05) is 6.92 Å². The molecule has 1 aromatic carbocycles. The predicted molar refractivity (Wildman–Crippen MR) is 83.8 cm³/mol. The van der Waals surface area contributed by atoms with Crippen molar-refractivity contribution in [3.8, 4) is 0 Å². The summed E-state index contributed by atoms with van der Waals surface area (Å²) in [5, 5.41) is 9.42. The average molecular weight is 320 g/mol. The Kier molecular flexibility index (Phi) is 4.04. The number of hydrogen-bond donors (Lipinski definition) is 1. The average Bonchev–Trinajstić information content (AvgIpc) is 2.55. The summed E-state index contributed by atoms with van der Waals surface area (Å²) in [6, 6.07) is 2.76. The van der Waals surface area contributed by atoms with Crippen molar-refractivity contribution in [1.82, 2.24) is 4.57 Å². The molecule has 3 rings (SSSR count). The molecule has 1 aliphatic heterocycles. The topological polar surface area (TPSA) is 71.8 Å². The quantitative estimate of drug-likeness (QED) is 0.932. The smallest absolute Gasteiger partial charge is 0.341 e. The van der Waals surface area contributed by atoms with Crippen molar-refractivity contribution in [3.63, 3.8) is 0 Å². The van der Waals surface area contributed by atoms with Gasteiger partial charge >= 0.3 is 5.97 Å². The van der Waals surface area contributed by atoms with Gasteiger partial charge in [-0.25, -0.2) is 9.18 Å². The van der Waals surface area contributed by atoms with Crippen LogP contribution >= 0.6 is 0 Å². The van der Waals surface area contributed by atoms with Gasteiger partial charge in [0, 0.05) is 37.3 Å². The number of nitrogens with zero attached hydrogens (tertiary/aromatic N) is 2. The van der Waals surface area contributed by atoms with E-state index in [1.54, 1.807) is 9.47 Å². The maximum atomic E-state index is 14.5. The Morgan fingerprint density at radius 1 is 1.35 bits per heavy atom. The monoisotopic (exact) mass is 320 g/mol. The summed E-state index contributed by atoms with van der Waals surface area (Å²) in [5.41, 5.74) is -0.189.